The number of aryl methyl sites for hydroxylation is 1. The molecule has 1 fully saturated rings. The first kappa shape index (κ1) is 10.7. The molecule has 1 amide bonds. The molecule has 2 rings (SSSR count). The highest BCUT2D eigenvalue weighted by Gasteiger charge is 2.30. The Morgan fingerprint density at radius 2 is 2.47 bits per heavy atom. The second-order valence-corrected chi connectivity index (χ2v) is 4.43. The molecule has 0 radical (unpaired) electrons. The van der Waals surface area contributed by atoms with E-state index in [-0.39, 0.29) is 5.91 Å². The molecule has 15 heavy (non-hydrogen) atoms. The van der Waals surface area contributed by atoms with Crippen molar-refractivity contribution in [3.05, 3.63) is 12.4 Å². The number of nitrogens with zero attached hydrogens (tertiary/aromatic N) is 3. The number of amides is 1. The van der Waals surface area contributed by atoms with Gasteiger partial charge in [-0.3, -0.25) is 9.48 Å². The lowest BCUT2D eigenvalue weighted by molar-refractivity contribution is -0.117. The van der Waals surface area contributed by atoms with Gasteiger partial charge in [0.2, 0.25) is 5.91 Å². The van der Waals surface area contributed by atoms with Gasteiger partial charge in [-0.05, 0) is 12.8 Å². The molecule has 82 valence electrons. The van der Waals surface area contributed by atoms with Gasteiger partial charge < -0.3 is 4.90 Å². The minimum Gasteiger partial charge on any atom is -0.309 e. The van der Waals surface area contributed by atoms with Crippen LogP contribution in [0.5, 0.6) is 0 Å². The smallest absolute Gasteiger partial charge is 0.227 e. The van der Waals surface area contributed by atoms with Crippen molar-refractivity contribution in [3.63, 3.8) is 0 Å². The molecule has 1 aromatic heterocycles. The van der Waals surface area contributed by atoms with Gasteiger partial charge in [-0.25, -0.2) is 0 Å². The van der Waals surface area contributed by atoms with Crippen molar-refractivity contribution < 1.29 is 4.79 Å². The third kappa shape index (κ3) is 2.07. The lowest BCUT2D eigenvalue weighted by Crippen LogP contribution is -2.24. The Morgan fingerprint density at radius 3 is 3.00 bits per heavy atom. The number of rotatable bonds is 3. The molecule has 0 aliphatic carbocycles. The molecule has 1 aliphatic rings. The van der Waals surface area contributed by atoms with E-state index in [1.54, 1.807) is 6.20 Å². The van der Waals surface area contributed by atoms with Crippen LogP contribution in [0.2, 0.25) is 0 Å². The monoisotopic (exact) mass is 271 g/mol. The lowest BCUT2D eigenvalue weighted by Gasteiger charge is -2.13. The summed E-state index contributed by atoms with van der Waals surface area (Å²) in [5, 5.41) is 5.06. The summed E-state index contributed by atoms with van der Waals surface area (Å²) in [6.07, 6.45) is 4.33. The van der Waals surface area contributed by atoms with Crippen LogP contribution in [0.4, 0.5) is 5.69 Å². The largest absolute Gasteiger partial charge is 0.309 e. The minimum absolute atomic E-state index is 0.204. The van der Waals surface area contributed by atoms with Gasteiger partial charge in [-0.2, -0.15) is 5.10 Å². The summed E-state index contributed by atoms with van der Waals surface area (Å²) in [5.74, 6) is 0.637. The summed E-state index contributed by atoms with van der Waals surface area (Å²) in [6.45, 7) is 3.67. The van der Waals surface area contributed by atoms with Gasteiger partial charge in [0.05, 0.1) is 11.9 Å². The number of hydrogen-bond acceptors (Lipinski definition) is 2. The zero-order valence-electron chi connectivity index (χ0n) is 8.69. The first-order valence-corrected chi connectivity index (χ1v) is 6.25. The molecule has 1 aliphatic heterocycles. The second-order valence-electron chi connectivity index (χ2n) is 3.78. The Hall–Kier alpha value is -0.840. The van der Waals surface area contributed by atoms with E-state index in [2.05, 4.69) is 21.0 Å². The molecule has 0 saturated carbocycles. The molecule has 0 bridgehead atoms. The van der Waals surface area contributed by atoms with Crippen LogP contribution in [-0.2, 0) is 11.3 Å². The molecule has 1 unspecified atom stereocenters. The van der Waals surface area contributed by atoms with Crippen LogP contribution in [-0.4, -0.2) is 27.6 Å². The summed E-state index contributed by atoms with van der Waals surface area (Å²) in [6, 6.07) is 0. The molecule has 0 N–H and O–H groups in total. The van der Waals surface area contributed by atoms with E-state index < -0.39 is 0 Å². The number of anilines is 1. The summed E-state index contributed by atoms with van der Waals surface area (Å²) >= 11 is 3.42. The number of carbonyl (C=O) groups excluding carboxylic acids is 1. The maximum Gasteiger partial charge on any atom is 0.227 e. The van der Waals surface area contributed by atoms with Crippen molar-refractivity contribution in [2.45, 2.75) is 19.9 Å². The van der Waals surface area contributed by atoms with Crippen molar-refractivity contribution in [2.24, 2.45) is 5.92 Å². The van der Waals surface area contributed by atoms with E-state index >= 15 is 0 Å². The fourth-order valence-electron chi connectivity index (χ4n) is 1.80. The van der Waals surface area contributed by atoms with E-state index in [0.29, 0.717) is 12.3 Å². The van der Waals surface area contributed by atoms with Gasteiger partial charge in [0.25, 0.3) is 0 Å². The highest BCUT2D eigenvalue weighted by Crippen LogP contribution is 2.25. The number of hydrogen-bond donors (Lipinski definition) is 0. The molecular formula is C10H14BrN3O. The van der Waals surface area contributed by atoms with Crippen molar-refractivity contribution in [1.29, 1.82) is 0 Å². The summed E-state index contributed by atoms with van der Waals surface area (Å²) in [7, 11) is 0. The normalized spacial score (nSPS) is 21.3. The Balaban J connectivity index is 2.14. The van der Waals surface area contributed by atoms with E-state index in [1.165, 1.54) is 0 Å². The molecule has 1 atom stereocenters. The Bertz CT molecular complexity index is 363. The zero-order chi connectivity index (χ0) is 10.8. The van der Waals surface area contributed by atoms with Gasteiger partial charge in [0, 0.05) is 31.0 Å². The molecule has 1 saturated heterocycles. The van der Waals surface area contributed by atoms with Crippen LogP contribution in [0, 0.1) is 5.92 Å². The minimum atomic E-state index is 0.204. The maximum atomic E-state index is 11.7. The molecule has 5 heteroatoms. The van der Waals surface area contributed by atoms with Crippen LogP contribution in [0.25, 0.3) is 0 Å². The second kappa shape index (κ2) is 4.35. The molecule has 4 nitrogen and oxygen atoms in total. The van der Waals surface area contributed by atoms with E-state index in [1.807, 2.05) is 22.7 Å². The van der Waals surface area contributed by atoms with Crippen LogP contribution in [0.3, 0.4) is 0 Å². The number of alkyl halides is 1. The maximum absolute atomic E-state index is 11.7. The highest BCUT2D eigenvalue weighted by atomic mass is 79.9. The number of aromatic nitrogens is 2. The standard InChI is InChI=1S/C10H14BrN3O/c1-2-13-7-9(5-12-13)14-6-8(4-11)3-10(14)15/h5,7-8H,2-4,6H2,1H3. The predicted octanol–water partition coefficient (Wildman–Crippen LogP) is 1.65. The fraction of sp³-hybridized carbons (Fsp3) is 0.600. The lowest BCUT2D eigenvalue weighted by atomic mass is 10.2. The fourth-order valence-corrected chi connectivity index (χ4v) is 2.23. The predicted molar refractivity (Wildman–Crippen MR) is 62.2 cm³/mol. The Kier molecular flexibility index (Phi) is 3.09. The van der Waals surface area contributed by atoms with E-state index in [9.17, 15) is 4.79 Å². The average molecular weight is 272 g/mol. The Labute approximate surface area is 97.4 Å². The van der Waals surface area contributed by atoms with Crippen molar-refractivity contribution in [2.75, 3.05) is 16.8 Å². The van der Waals surface area contributed by atoms with Gasteiger partial charge >= 0.3 is 0 Å². The average Bonchev–Trinajstić information content (AvgIpc) is 2.83. The first-order valence-electron chi connectivity index (χ1n) is 5.13. The molecule has 0 aromatic carbocycles. The molecule has 0 spiro atoms. The summed E-state index contributed by atoms with van der Waals surface area (Å²) in [4.78, 5) is 13.5. The van der Waals surface area contributed by atoms with Crippen LogP contribution in [0.1, 0.15) is 13.3 Å². The molecule has 1 aromatic rings. The van der Waals surface area contributed by atoms with Crippen molar-refractivity contribution in [3.8, 4) is 0 Å². The SMILES string of the molecule is CCn1cc(N2CC(CBr)CC2=O)cn1. The first-order chi connectivity index (χ1) is 7.24. The van der Waals surface area contributed by atoms with E-state index in [0.717, 1.165) is 24.1 Å². The third-order valence-electron chi connectivity index (χ3n) is 2.68. The van der Waals surface area contributed by atoms with Crippen LogP contribution >= 0.6 is 15.9 Å². The Morgan fingerprint density at radius 1 is 1.67 bits per heavy atom. The van der Waals surface area contributed by atoms with Crippen molar-refractivity contribution >= 4 is 27.5 Å². The van der Waals surface area contributed by atoms with E-state index in [4.69, 9.17) is 0 Å². The highest BCUT2D eigenvalue weighted by molar-refractivity contribution is 9.09. The molecule has 2 heterocycles. The quantitative estimate of drug-likeness (QED) is 0.785. The molecular weight excluding hydrogens is 258 g/mol. The third-order valence-corrected chi connectivity index (χ3v) is 3.59. The summed E-state index contributed by atoms with van der Waals surface area (Å²) < 4.78 is 1.84. The van der Waals surface area contributed by atoms with Gasteiger partial charge in [0.1, 0.15) is 0 Å². The topological polar surface area (TPSA) is 38.1 Å². The van der Waals surface area contributed by atoms with Crippen molar-refractivity contribution in [1.82, 2.24) is 9.78 Å². The van der Waals surface area contributed by atoms with Gasteiger partial charge in [0.15, 0.2) is 0 Å². The van der Waals surface area contributed by atoms with Crippen LogP contribution in [0.15, 0.2) is 12.4 Å². The van der Waals surface area contributed by atoms with Gasteiger partial charge in [-0.15, -0.1) is 0 Å². The zero-order valence-corrected chi connectivity index (χ0v) is 10.3. The van der Waals surface area contributed by atoms with Gasteiger partial charge in [-0.1, -0.05) is 15.9 Å². The van der Waals surface area contributed by atoms with Crippen LogP contribution < -0.4 is 4.90 Å². The number of carbonyl (C=O) groups is 1. The number of halogens is 1. The summed E-state index contributed by atoms with van der Waals surface area (Å²) in [5.41, 5.74) is 0.922.